The number of nitrogens with zero attached hydrogens (tertiary/aromatic N) is 1. The molecule has 0 fully saturated rings. The van der Waals surface area contributed by atoms with Gasteiger partial charge in [0.1, 0.15) is 29.3 Å². The summed E-state index contributed by atoms with van der Waals surface area (Å²) in [6.45, 7) is 17.2. The SMILES string of the molecule is CCC(C)C(NC(=O)OC(C)(C)C)C(=O)N(CCO)C(C(=O)NC(Cc1ccccc1)C(=O)OC(C)(C)C)c1cccc(C)c1C. The highest BCUT2D eigenvalue weighted by Gasteiger charge is 2.40. The normalized spacial score (nSPS) is 14.3. The molecule has 0 aliphatic rings. The molecule has 46 heavy (non-hydrogen) atoms. The minimum Gasteiger partial charge on any atom is -0.458 e. The van der Waals surface area contributed by atoms with E-state index in [4.69, 9.17) is 9.47 Å². The van der Waals surface area contributed by atoms with Crippen LogP contribution in [-0.2, 0) is 30.3 Å². The maximum Gasteiger partial charge on any atom is 0.408 e. The van der Waals surface area contributed by atoms with Gasteiger partial charge in [-0.25, -0.2) is 9.59 Å². The predicted octanol–water partition coefficient (Wildman–Crippen LogP) is 5.17. The van der Waals surface area contributed by atoms with Crippen LogP contribution >= 0.6 is 0 Å². The first-order valence-electron chi connectivity index (χ1n) is 15.9. The fraction of sp³-hybridized carbons (Fsp3) is 0.556. The summed E-state index contributed by atoms with van der Waals surface area (Å²) < 4.78 is 11.1. The molecule has 4 unspecified atom stereocenters. The van der Waals surface area contributed by atoms with Crippen LogP contribution < -0.4 is 10.6 Å². The molecule has 10 heteroatoms. The zero-order valence-corrected chi connectivity index (χ0v) is 29.1. The molecule has 10 nitrogen and oxygen atoms in total. The summed E-state index contributed by atoms with van der Waals surface area (Å²) in [6.07, 6.45) is -0.0715. The third kappa shape index (κ3) is 11.5. The largest absolute Gasteiger partial charge is 0.458 e. The van der Waals surface area contributed by atoms with Crippen LogP contribution in [0.25, 0.3) is 0 Å². The summed E-state index contributed by atoms with van der Waals surface area (Å²) in [4.78, 5) is 56.5. The molecule has 0 bridgehead atoms. The van der Waals surface area contributed by atoms with Crippen LogP contribution in [0.2, 0.25) is 0 Å². The van der Waals surface area contributed by atoms with Crippen LogP contribution in [0.4, 0.5) is 4.79 Å². The van der Waals surface area contributed by atoms with E-state index >= 15 is 0 Å². The Labute approximate surface area is 274 Å². The van der Waals surface area contributed by atoms with Gasteiger partial charge in [-0.2, -0.15) is 0 Å². The smallest absolute Gasteiger partial charge is 0.408 e. The Morgan fingerprint density at radius 2 is 1.48 bits per heavy atom. The fourth-order valence-electron chi connectivity index (χ4n) is 4.96. The van der Waals surface area contributed by atoms with Gasteiger partial charge >= 0.3 is 12.1 Å². The van der Waals surface area contributed by atoms with E-state index in [0.717, 1.165) is 16.7 Å². The number of ether oxygens (including phenoxy) is 2. The summed E-state index contributed by atoms with van der Waals surface area (Å²) in [5, 5.41) is 15.8. The first-order valence-corrected chi connectivity index (χ1v) is 15.9. The number of aryl methyl sites for hydroxylation is 1. The molecule has 4 atom stereocenters. The summed E-state index contributed by atoms with van der Waals surface area (Å²) >= 11 is 0. The number of carbonyl (C=O) groups is 4. The number of nitrogens with one attached hydrogen (secondary N) is 2. The van der Waals surface area contributed by atoms with Crippen molar-refractivity contribution in [3.05, 3.63) is 70.8 Å². The van der Waals surface area contributed by atoms with Crippen molar-refractivity contribution in [3.63, 3.8) is 0 Å². The van der Waals surface area contributed by atoms with E-state index < -0.39 is 59.8 Å². The van der Waals surface area contributed by atoms with E-state index in [1.54, 1.807) is 53.7 Å². The molecule has 0 saturated heterocycles. The lowest BCUT2D eigenvalue weighted by Crippen LogP contribution is -2.57. The highest BCUT2D eigenvalue weighted by Crippen LogP contribution is 2.29. The monoisotopic (exact) mass is 639 g/mol. The number of aliphatic hydroxyl groups excluding tert-OH is 1. The molecule has 0 aliphatic carbocycles. The van der Waals surface area contributed by atoms with Crippen molar-refractivity contribution in [2.24, 2.45) is 5.92 Å². The predicted molar refractivity (Wildman–Crippen MR) is 178 cm³/mol. The van der Waals surface area contributed by atoms with Crippen molar-refractivity contribution in [1.82, 2.24) is 15.5 Å². The standard InChI is InChI=1S/C36H53N3O7/c1-11-23(2)29(38-34(44)46-36(8,9)10)32(42)39(20-21-40)30(27-19-15-16-24(3)25(27)4)31(41)37-28(33(43)45-35(5,6)7)22-26-17-13-12-14-18-26/h12-19,23,28-30,40H,11,20-22H2,1-10H3,(H,37,41)(H,38,44). The van der Waals surface area contributed by atoms with Crippen molar-refractivity contribution in [3.8, 4) is 0 Å². The van der Waals surface area contributed by atoms with E-state index in [2.05, 4.69) is 10.6 Å². The van der Waals surface area contributed by atoms with Crippen LogP contribution in [0, 0.1) is 19.8 Å². The second-order valence-corrected chi connectivity index (χ2v) is 13.7. The zero-order chi connectivity index (χ0) is 34.8. The number of alkyl carbamates (subject to hydrolysis) is 1. The minimum absolute atomic E-state index is 0.157. The minimum atomic E-state index is -1.24. The number of rotatable bonds is 13. The quantitative estimate of drug-likeness (QED) is 0.257. The van der Waals surface area contributed by atoms with Gasteiger partial charge in [0.15, 0.2) is 0 Å². The van der Waals surface area contributed by atoms with Crippen molar-refractivity contribution in [2.75, 3.05) is 13.2 Å². The van der Waals surface area contributed by atoms with Crippen molar-refractivity contribution in [2.45, 2.75) is 111 Å². The van der Waals surface area contributed by atoms with Crippen LogP contribution in [0.15, 0.2) is 48.5 Å². The molecule has 2 aromatic carbocycles. The van der Waals surface area contributed by atoms with Gasteiger partial charge in [-0.15, -0.1) is 0 Å². The molecule has 0 radical (unpaired) electrons. The number of amides is 3. The maximum absolute atomic E-state index is 14.5. The Hall–Kier alpha value is -3.92. The van der Waals surface area contributed by atoms with Crippen molar-refractivity contribution < 1.29 is 33.8 Å². The number of aliphatic hydroxyl groups is 1. The van der Waals surface area contributed by atoms with Crippen molar-refractivity contribution >= 4 is 23.9 Å². The zero-order valence-electron chi connectivity index (χ0n) is 29.1. The Morgan fingerprint density at radius 1 is 0.870 bits per heavy atom. The lowest BCUT2D eigenvalue weighted by atomic mass is 9.92. The Balaban J connectivity index is 2.65. The van der Waals surface area contributed by atoms with Gasteiger partial charge in [0.2, 0.25) is 11.8 Å². The molecule has 0 aromatic heterocycles. The Kier molecular flexibility index (Phi) is 13.8. The summed E-state index contributed by atoms with van der Waals surface area (Å²) in [7, 11) is 0. The molecular formula is C36H53N3O7. The van der Waals surface area contributed by atoms with Gasteiger partial charge < -0.3 is 30.1 Å². The molecule has 2 aromatic rings. The number of benzene rings is 2. The Morgan fingerprint density at radius 3 is 2.02 bits per heavy atom. The number of esters is 1. The van der Waals surface area contributed by atoms with E-state index in [-0.39, 0.29) is 18.9 Å². The lowest BCUT2D eigenvalue weighted by Gasteiger charge is -2.37. The third-order valence-electron chi connectivity index (χ3n) is 7.57. The molecular weight excluding hydrogens is 586 g/mol. The molecule has 0 aliphatic heterocycles. The maximum atomic E-state index is 14.5. The fourth-order valence-corrected chi connectivity index (χ4v) is 4.96. The van der Waals surface area contributed by atoms with Gasteiger partial charge in [-0.1, -0.05) is 68.8 Å². The average Bonchev–Trinajstić information content (AvgIpc) is 2.95. The first kappa shape index (κ1) is 38.3. The van der Waals surface area contributed by atoms with Crippen LogP contribution in [0.1, 0.15) is 90.1 Å². The van der Waals surface area contributed by atoms with Gasteiger partial charge in [0.05, 0.1) is 6.61 Å². The summed E-state index contributed by atoms with van der Waals surface area (Å²) in [5.41, 5.74) is 1.40. The topological polar surface area (TPSA) is 134 Å². The average molecular weight is 640 g/mol. The molecule has 3 N–H and O–H groups in total. The third-order valence-corrected chi connectivity index (χ3v) is 7.57. The molecule has 0 spiro atoms. The van der Waals surface area contributed by atoms with Crippen LogP contribution in [0.5, 0.6) is 0 Å². The van der Waals surface area contributed by atoms with Gasteiger partial charge in [-0.05, 0) is 83.6 Å². The molecule has 0 saturated carbocycles. The van der Waals surface area contributed by atoms with Gasteiger partial charge in [0, 0.05) is 13.0 Å². The number of carbonyl (C=O) groups excluding carboxylic acids is 4. The molecule has 3 amide bonds. The highest BCUT2D eigenvalue weighted by molar-refractivity contribution is 5.94. The molecule has 254 valence electrons. The van der Waals surface area contributed by atoms with Gasteiger partial charge in [0.25, 0.3) is 0 Å². The second kappa shape index (κ2) is 16.6. The Bertz CT molecular complexity index is 1330. The number of hydrogen-bond donors (Lipinski definition) is 3. The van der Waals surface area contributed by atoms with Gasteiger partial charge in [-0.3, -0.25) is 9.59 Å². The van der Waals surface area contributed by atoms with E-state index in [0.29, 0.717) is 12.0 Å². The second-order valence-electron chi connectivity index (χ2n) is 13.7. The van der Waals surface area contributed by atoms with Crippen LogP contribution in [0.3, 0.4) is 0 Å². The summed E-state index contributed by atoms with van der Waals surface area (Å²) in [5.74, 6) is -2.14. The van der Waals surface area contributed by atoms with Crippen molar-refractivity contribution in [1.29, 1.82) is 0 Å². The first-order chi connectivity index (χ1) is 21.4. The van der Waals surface area contributed by atoms with Crippen LogP contribution in [-0.4, -0.2) is 70.3 Å². The highest BCUT2D eigenvalue weighted by atomic mass is 16.6. The lowest BCUT2D eigenvalue weighted by molar-refractivity contribution is -0.159. The van der Waals surface area contributed by atoms with E-state index in [1.807, 2.05) is 64.1 Å². The number of hydrogen-bond acceptors (Lipinski definition) is 7. The molecule has 2 rings (SSSR count). The summed E-state index contributed by atoms with van der Waals surface area (Å²) in [6, 6.07) is 11.3. The van der Waals surface area contributed by atoms with E-state index in [1.165, 1.54) is 4.90 Å². The van der Waals surface area contributed by atoms with E-state index in [9.17, 15) is 24.3 Å². The molecule has 0 heterocycles.